The van der Waals surface area contributed by atoms with Gasteiger partial charge in [-0.25, -0.2) is 0 Å². The van der Waals surface area contributed by atoms with Gasteiger partial charge >= 0.3 is 0 Å². The van der Waals surface area contributed by atoms with Gasteiger partial charge in [0.2, 0.25) is 0 Å². The van der Waals surface area contributed by atoms with Crippen LogP contribution in [-0.4, -0.2) is 15.3 Å². The van der Waals surface area contributed by atoms with E-state index in [1.807, 2.05) is 0 Å². The van der Waals surface area contributed by atoms with Crippen LogP contribution in [0.4, 0.5) is 0 Å². The summed E-state index contributed by atoms with van der Waals surface area (Å²) in [4.78, 5) is 10.8. The third-order valence-electron chi connectivity index (χ3n) is 1.77. The van der Waals surface area contributed by atoms with Gasteiger partial charge in [-0.3, -0.25) is 15.0 Å². The topological polar surface area (TPSA) is 68.9 Å². The van der Waals surface area contributed by atoms with E-state index in [1.165, 1.54) is 6.07 Å². The molecule has 0 saturated carbocycles. The zero-order valence-corrected chi connectivity index (χ0v) is 6.74. The van der Waals surface area contributed by atoms with Crippen molar-refractivity contribution in [3.05, 3.63) is 40.7 Å². The smallest absolute Gasteiger partial charge is 0.264 e. The van der Waals surface area contributed by atoms with Crippen molar-refractivity contribution in [1.82, 2.24) is 10.2 Å². The van der Waals surface area contributed by atoms with E-state index in [9.17, 15) is 4.79 Å². The molecular formula is C9H8N2O2. The molecule has 4 nitrogen and oxygen atoms in total. The molecule has 0 aliphatic carbocycles. The molecule has 2 aromatic rings. The first-order valence-electron chi connectivity index (χ1n) is 3.83. The van der Waals surface area contributed by atoms with Crippen LogP contribution in [0.5, 0.6) is 5.75 Å². The molecule has 0 saturated heterocycles. The molecular weight excluding hydrogens is 168 g/mol. The Hall–Kier alpha value is -1.97. The predicted octanol–water partition coefficient (Wildman–Crippen LogP) is 1.08. The number of aromatic hydroxyl groups is 1. The predicted molar refractivity (Wildman–Crippen MR) is 48.5 cm³/mol. The summed E-state index contributed by atoms with van der Waals surface area (Å²) in [5, 5.41) is 14.2. The summed E-state index contributed by atoms with van der Waals surface area (Å²) in [7, 11) is 0. The van der Waals surface area contributed by atoms with Crippen molar-refractivity contribution in [1.29, 1.82) is 0 Å². The number of nitrogens with one attached hydrogen (secondary N) is 2. The van der Waals surface area contributed by atoms with Crippen molar-refractivity contribution in [3.8, 4) is 17.0 Å². The molecule has 0 unspecified atom stereocenters. The first kappa shape index (κ1) is 7.67. The Bertz CT molecular complexity index is 453. The number of benzene rings is 1. The molecule has 1 aromatic carbocycles. The highest BCUT2D eigenvalue weighted by Crippen LogP contribution is 2.17. The Labute approximate surface area is 73.8 Å². The molecule has 3 N–H and O–H groups in total. The number of aromatic nitrogens is 2. The van der Waals surface area contributed by atoms with Gasteiger partial charge in [-0.15, -0.1) is 0 Å². The molecule has 0 fully saturated rings. The first-order valence-corrected chi connectivity index (χ1v) is 3.83. The Balaban J connectivity index is 2.47. The molecule has 0 atom stereocenters. The summed E-state index contributed by atoms with van der Waals surface area (Å²) in [6.45, 7) is 0. The summed E-state index contributed by atoms with van der Waals surface area (Å²) in [6, 6.07) is 8.07. The van der Waals surface area contributed by atoms with Gasteiger partial charge in [0.15, 0.2) is 0 Å². The van der Waals surface area contributed by atoms with Gasteiger partial charge in [0, 0.05) is 6.07 Å². The van der Waals surface area contributed by atoms with Crippen molar-refractivity contribution < 1.29 is 5.11 Å². The van der Waals surface area contributed by atoms with Crippen molar-refractivity contribution >= 4 is 0 Å². The maximum atomic E-state index is 10.8. The van der Waals surface area contributed by atoms with Gasteiger partial charge in [0.25, 0.3) is 5.56 Å². The van der Waals surface area contributed by atoms with Crippen LogP contribution in [0.1, 0.15) is 0 Å². The SMILES string of the molecule is O=c1cc(-c2ccc(O)cc2)[nH][nH]1. The summed E-state index contributed by atoms with van der Waals surface area (Å²) < 4.78 is 0. The van der Waals surface area contributed by atoms with Gasteiger partial charge in [0.05, 0.1) is 5.69 Å². The maximum Gasteiger partial charge on any atom is 0.264 e. The minimum absolute atomic E-state index is 0.164. The van der Waals surface area contributed by atoms with Crippen LogP contribution < -0.4 is 5.56 Å². The minimum Gasteiger partial charge on any atom is -0.508 e. The molecule has 1 aromatic heterocycles. The monoisotopic (exact) mass is 176 g/mol. The second kappa shape index (κ2) is 2.82. The van der Waals surface area contributed by atoms with Crippen molar-refractivity contribution in [3.63, 3.8) is 0 Å². The van der Waals surface area contributed by atoms with Crippen LogP contribution in [0.25, 0.3) is 11.3 Å². The second-order valence-electron chi connectivity index (χ2n) is 2.72. The van der Waals surface area contributed by atoms with Gasteiger partial charge in [-0.05, 0) is 29.8 Å². The molecule has 13 heavy (non-hydrogen) atoms. The van der Waals surface area contributed by atoms with E-state index in [-0.39, 0.29) is 11.3 Å². The van der Waals surface area contributed by atoms with Gasteiger partial charge < -0.3 is 5.11 Å². The van der Waals surface area contributed by atoms with E-state index in [2.05, 4.69) is 10.2 Å². The second-order valence-corrected chi connectivity index (χ2v) is 2.72. The van der Waals surface area contributed by atoms with Crippen molar-refractivity contribution in [2.75, 3.05) is 0 Å². The number of aromatic amines is 2. The number of phenols is 1. The molecule has 0 aliphatic rings. The maximum absolute atomic E-state index is 10.8. The Morgan fingerprint density at radius 1 is 1.08 bits per heavy atom. The van der Waals surface area contributed by atoms with E-state index in [0.29, 0.717) is 5.69 Å². The highest BCUT2D eigenvalue weighted by molar-refractivity contribution is 5.59. The zero-order chi connectivity index (χ0) is 9.26. The average Bonchev–Trinajstić information content (AvgIpc) is 2.53. The molecule has 0 radical (unpaired) electrons. The van der Waals surface area contributed by atoms with Crippen molar-refractivity contribution in [2.45, 2.75) is 0 Å². The molecule has 0 aliphatic heterocycles. The molecule has 4 heteroatoms. The van der Waals surface area contributed by atoms with Crippen LogP contribution in [0, 0.1) is 0 Å². The minimum atomic E-state index is -0.164. The fourth-order valence-corrected chi connectivity index (χ4v) is 1.13. The Morgan fingerprint density at radius 3 is 2.31 bits per heavy atom. The van der Waals surface area contributed by atoms with Crippen LogP contribution in [0.2, 0.25) is 0 Å². The fraction of sp³-hybridized carbons (Fsp3) is 0. The zero-order valence-electron chi connectivity index (χ0n) is 6.74. The highest BCUT2D eigenvalue weighted by Gasteiger charge is 1.99. The van der Waals surface area contributed by atoms with Crippen LogP contribution in [-0.2, 0) is 0 Å². The summed E-state index contributed by atoms with van der Waals surface area (Å²) >= 11 is 0. The van der Waals surface area contributed by atoms with Crippen LogP contribution >= 0.6 is 0 Å². The van der Waals surface area contributed by atoms with Gasteiger partial charge in [-0.1, -0.05) is 0 Å². The van der Waals surface area contributed by atoms with Crippen LogP contribution in [0.15, 0.2) is 35.1 Å². The summed E-state index contributed by atoms with van der Waals surface area (Å²) in [5.41, 5.74) is 1.41. The summed E-state index contributed by atoms with van der Waals surface area (Å²) in [5.74, 6) is 0.210. The quantitative estimate of drug-likeness (QED) is 0.608. The average molecular weight is 176 g/mol. The fourth-order valence-electron chi connectivity index (χ4n) is 1.13. The van der Waals surface area contributed by atoms with Crippen molar-refractivity contribution in [2.24, 2.45) is 0 Å². The van der Waals surface area contributed by atoms with E-state index in [1.54, 1.807) is 24.3 Å². The number of hydrogen-bond donors (Lipinski definition) is 3. The number of rotatable bonds is 1. The van der Waals surface area contributed by atoms with Gasteiger partial charge in [0.1, 0.15) is 5.75 Å². The number of phenolic OH excluding ortho intramolecular Hbond substituents is 1. The van der Waals surface area contributed by atoms with E-state index >= 15 is 0 Å². The van der Waals surface area contributed by atoms with Gasteiger partial charge in [-0.2, -0.15) is 0 Å². The molecule has 0 bridgehead atoms. The lowest BCUT2D eigenvalue weighted by Crippen LogP contribution is -1.93. The molecule has 0 spiro atoms. The lowest BCUT2D eigenvalue weighted by molar-refractivity contribution is 0.475. The molecule has 2 rings (SSSR count). The molecule has 0 amide bonds. The van der Waals surface area contributed by atoms with Crippen LogP contribution in [0.3, 0.4) is 0 Å². The molecule has 66 valence electrons. The Kier molecular flexibility index (Phi) is 1.66. The van der Waals surface area contributed by atoms with E-state index in [0.717, 1.165) is 5.56 Å². The van der Waals surface area contributed by atoms with E-state index < -0.39 is 0 Å². The highest BCUT2D eigenvalue weighted by atomic mass is 16.3. The number of H-pyrrole nitrogens is 2. The largest absolute Gasteiger partial charge is 0.508 e. The summed E-state index contributed by atoms with van der Waals surface area (Å²) in [6.07, 6.45) is 0. The standard InChI is InChI=1S/C9H8N2O2/c12-7-3-1-6(2-4-7)8-5-9(13)11-10-8/h1-5,12H,(H2,10,11,13). The lowest BCUT2D eigenvalue weighted by atomic mass is 10.1. The number of hydrogen-bond acceptors (Lipinski definition) is 2. The lowest BCUT2D eigenvalue weighted by Gasteiger charge is -1.96. The molecule has 1 heterocycles. The first-order chi connectivity index (χ1) is 6.25. The Morgan fingerprint density at radius 2 is 1.77 bits per heavy atom. The van der Waals surface area contributed by atoms with E-state index in [4.69, 9.17) is 5.11 Å². The third kappa shape index (κ3) is 1.46. The third-order valence-corrected chi connectivity index (χ3v) is 1.77. The normalized spacial score (nSPS) is 10.2.